The lowest BCUT2D eigenvalue weighted by Gasteiger charge is -2.31. The fourth-order valence-electron chi connectivity index (χ4n) is 4.61. The summed E-state index contributed by atoms with van der Waals surface area (Å²) in [6.07, 6.45) is 7.38. The molecule has 3 fully saturated rings. The molecule has 130 valence electrons. The van der Waals surface area contributed by atoms with Crippen molar-refractivity contribution in [3.63, 3.8) is 0 Å². The van der Waals surface area contributed by atoms with Crippen molar-refractivity contribution >= 4 is 5.91 Å². The summed E-state index contributed by atoms with van der Waals surface area (Å²) in [5, 5.41) is 0. The molecule has 4 nitrogen and oxygen atoms in total. The largest absolute Gasteiger partial charge is 0.336 e. The van der Waals surface area contributed by atoms with Gasteiger partial charge in [0.15, 0.2) is 0 Å². The number of hydrogen-bond donors (Lipinski definition) is 1. The SMILES string of the molecule is N[C@@H]1CN(CC(=O)N(C2CCCC2)C2CC2)C[C@H]1c1ccccc1. The number of amides is 1. The van der Waals surface area contributed by atoms with E-state index in [1.807, 2.05) is 6.07 Å². The highest BCUT2D eigenvalue weighted by Crippen LogP contribution is 2.35. The fraction of sp³-hybridized carbons (Fsp3) is 0.650. The zero-order chi connectivity index (χ0) is 16.5. The lowest BCUT2D eigenvalue weighted by molar-refractivity contribution is -0.135. The minimum atomic E-state index is 0.126. The Morgan fingerprint density at radius 2 is 1.71 bits per heavy atom. The Morgan fingerprint density at radius 3 is 2.38 bits per heavy atom. The van der Waals surface area contributed by atoms with Gasteiger partial charge in [0, 0.05) is 37.1 Å². The Bertz CT molecular complexity index is 566. The van der Waals surface area contributed by atoms with E-state index in [0.717, 1.165) is 13.1 Å². The molecule has 2 N–H and O–H groups in total. The van der Waals surface area contributed by atoms with Crippen LogP contribution in [0.15, 0.2) is 30.3 Å². The van der Waals surface area contributed by atoms with Crippen LogP contribution in [0.1, 0.15) is 50.0 Å². The predicted octanol–water partition coefficient (Wildman–Crippen LogP) is 2.35. The Kier molecular flexibility index (Phi) is 4.59. The maximum Gasteiger partial charge on any atom is 0.237 e. The van der Waals surface area contributed by atoms with Crippen molar-refractivity contribution in [3.05, 3.63) is 35.9 Å². The van der Waals surface area contributed by atoms with Gasteiger partial charge in [0.05, 0.1) is 6.54 Å². The van der Waals surface area contributed by atoms with E-state index in [1.165, 1.54) is 44.1 Å². The Hall–Kier alpha value is -1.39. The van der Waals surface area contributed by atoms with E-state index in [2.05, 4.69) is 34.1 Å². The molecular weight excluding hydrogens is 298 g/mol. The molecule has 2 aliphatic carbocycles. The van der Waals surface area contributed by atoms with Crippen molar-refractivity contribution in [3.8, 4) is 0 Å². The summed E-state index contributed by atoms with van der Waals surface area (Å²) < 4.78 is 0. The first-order valence-electron chi connectivity index (χ1n) is 9.56. The van der Waals surface area contributed by atoms with Gasteiger partial charge < -0.3 is 10.6 Å². The summed E-state index contributed by atoms with van der Waals surface area (Å²) >= 11 is 0. The van der Waals surface area contributed by atoms with Gasteiger partial charge in [0.2, 0.25) is 5.91 Å². The second kappa shape index (κ2) is 6.85. The quantitative estimate of drug-likeness (QED) is 0.903. The normalized spacial score (nSPS) is 28.4. The molecule has 2 saturated carbocycles. The smallest absolute Gasteiger partial charge is 0.237 e. The van der Waals surface area contributed by atoms with Gasteiger partial charge in [0.25, 0.3) is 0 Å². The highest BCUT2D eigenvalue weighted by molar-refractivity contribution is 5.79. The topological polar surface area (TPSA) is 49.6 Å². The zero-order valence-electron chi connectivity index (χ0n) is 14.4. The third-order valence-electron chi connectivity index (χ3n) is 5.97. The molecule has 1 heterocycles. The standard InChI is InChI=1S/C20H29N3O/c21-19-13-22(12-18(19)15-6-2-1-3-7-15)14-20(24)23(17-10-11-17)16-8-4-5-9-16/h1-3,6-7,16-19H,4-5,8-14,21H2/t18-,19+/m0/s1. The summed E-state index contributed by atoms with van der Waals surface area (Å²) in [6, 6.07) is 11.7. The van der Waals surface area contributed by atoms with Gasteiger partial charge in [-0.15, -0.1) is 0 Å². The molecule has 1 amide bonds. The average molecular weight is 327 g/mol. The number of carbonyl (C=O) groups is 1. The first-order valence-corrected chi connectivity index (χ1v) is 9.56. The molecule has 1 aromatic carbocycles. The maximum absolute atomic E-state index is 13.0. The van der Waals surface area contributed by atoms with E-state index in [9.17, 15) is 4.79 Å². The van der Waals surface area contributed by atoms with E-state index in [-0.39, 0.29) is 6.04 Å². The van der Waals surface area contributed by atoms with Crippen LogP contribution in [0.4, 0.5) is 0 Å². The van der Waals surface area contributed by atoms with Crippen LogP contribution in [0, 0.1) is 0 Å². The van der Waals surface area contributed by atoms with Crippen LogP contribution in [-0.2, 0) is 4.79 Å². The minimum Gasteiger partial charge on any atom is -0.336 e. The van der Waals surface area contributed by atoms with Crippen LogP contribution in [-0.4, -0.2) is 53.5 Å². The number of rotatable bonds is 5. The molecule has 0 aromatic heterocycles. The minimum absolute atomic E-state index is 0.126. The molecule has 3 aliphatic rings. The van der Waals surface area contributed by atoms with Gasteiger partial charge in [-0.05, 0) is 31.2 Å². The van der Waals surface area contributed by atoms with Gasteiger partial charge in [-0.1, -0.05) is 43.2 Å². The molecule has 0 spiro atoms. The molecule has 24 heavy (non-hydrogen) atoms. The van der Waals surface area contributed by atoms with Crippen molar-refractivity contribution in [2.75, 3.05) is 19.6 Å². The first-order chi connectivity index (χ1) is 11.7. The van der Waals surface area contributed by atoms with Crippen molar-refractivity contribution in [2.24, 2.45) is 5.73 Å². The zero-order valence-corrected chi connectivity index (χ0v) is 14.4. The number of nitrogens with two attached hydrogens (primary N) is 1. The second-order valence-electron chi connectivity index (χ2n) is 7.85. The molecule has 0 bridgehead atoms. The van der Waals surface area contributed by atoms with Gasteiger partial charge in [-0.3, -0.25) is 9.69 Å². The number of hydrogen-bond acceptors (Lipinski definition) is 3. The van der Waals surface area contributed by atoms with E-state index < -0.39 is 0 Å². The molecule has 2 atom stereocenters. The third kappa shape index (κ3) is 3.35. The molecule has 4 heteroatoms. The monoisotopic (exact) mass is 327 g/mol. The van der Waals surface area contributed by atoms with Gasteiger partial charge in [0.1, 0.15) is 0 Å². The van der Waals surface area contributed by atoms with Crippen molar-refractivity contribution in [2.45, 2.75) is 62.6 Å². The average Bonchev–Trinajstić information content (AvgIpc) is 3.12. The third-order valence-corrected chi connectivity index (χ3v) is 5.97. The molecule has 0 radical (unpaired) electrons. The lowest BCUT2D eigenvalue weighted by Crippen LogP contribution is -2.46. The van der Waals surface area contributed by atoms with Gasteiger partial charge >= 0.3 is 0 Å². The molecule has 1 aromatic rings. The molecule has 1 saturated heterocycles. The highest BCUT2D eigenvalue weighted by atomic mass is 16.2. The highest BCUT2D eigenvalue weighted by Gasteiger charge is 2.40. The number of likely N-dealkylation sites (tertiary alicyclic amines) is 1. The first kappa shape index (κ1) is 16.1. The summed E-state index contributed by atoms with van der Waals surface area (Å²) in [5.74, 6) is 0.685. The van der Waals surface area contributed by atoms with Crippen LogP contribution in [0.2, 0.25) is 0 Å². The Balaban J connectivity index is 1.39. The van der Waals surface area contributed by atoms with E-state index in [1.54, 1.807) is 0 Å². The number of benzene rings is 1. The summed E-state index contributed by atoms with van der Waals surface area (Å²) in [4.78, 5) is 17.5. The number of nitrogens with zero attached hydrogens (tertiary/aromatic N) is 2. The predicted molar refractivity (Wildman–Crippen MR) is 95.7 cm³/mol. The Labute approximate surface area is 145 Å². The van der Waals surface area contributed by atoms with Crippen LogP contribution >= 0.6 is 0 Å². The van der Waals surface area contributed by atoms with E-state index in [0.29, 0.717) is 30.5 Å². The van der Waals surface area contributed by atoms with Crippen LogP contribution in [0.5, 0.6) is 0 Å². The van der Waals surface area contributed by atoms with E-state index >= 15 is 0 Å². The lowest BCUT2D eigenvalue weighted by atomic mass is 9.95. The second-order valence-corrected chi connectivity index (χ2v) is 7.85. The maximum atomic E-state index is 13.0. The van der Waals surface area contributed by atoms with Gasteiger partial charge in [-0.25, -0.2) is 0 Å². The fourth-order valence-corrected chi connectivity index (χ4v) is 4.61. The number of carbonyl (C=O) groups excluding carboxylic acids is 1. The van der Waals surface area contributed by atoms with Crippen molar-refractivity contribution in [1.29, 1.82) is 0 Å². The van der Waals surface area contributed by atoms with Crippen molar-refractivity contribution < 1.29 is 4.79 Å². The van der Waals surface area contributed by atoms with Crippen LogP contribution in [0.3, 0.4) is 0 Å². The van der Waals surface area contributed by atoms with E-state index in [4.69, 9.17) is 5.73 Å². The summed E-state index contributed by atoms with van der Waals surface area (Å²) in [5.41, 5.74) is 7.68. The van der Waals surface area contributed by atoms with Crippen LogP contribution in [0.25, 0.3) is 0 Å². The molecule has 4 rings (SSSR count). The van der Waals surface area contributed by atoms with Gasteiger partial charge in [-0.2, -0.15) is 0 Å². The Morgan fingerprint density at radius 1 is 1.04 bits per heavy atom. The van der Waals surface area contributed by atoms with Crippen LogP contribution < -0.4 is 5.73 Å². The summed E-state index contributed by atoms with van der Waals surface area (Å²) in [7, 11) is 0. The summed E-state index contributed by atoms with van der Waals surface area (Å²) in [6.45, 7) is 2.28. The molecule has 1 aliphatic heterocycles. The molecular formula is C20H29N3O. The van der Waals surface area contributed by atoms with Crippen molar-refractivity contribution in [1.82, 2.24) is 9.80 Å². The molecule has 0 unspecified atom stereocenters.